The Morgan fingerprint density at radius 1 is 1.18 bits per heavy atom. The summed E-state index contributed by atoms with van der Waals surface area (Å²) in [7, 11) is 0. The molecule has 0 aliphatic carbocycles. The van der Waals surface area contributed by atoms with Gasteiger partial charge in [0.2, 0.25) is 5.95 Å². The van der Waals surface area contributed by atoms with Crippen LogP contribution in [-0.2, 0) is 4.84 Å². The van der Waals surface area contributed by atoms with Crippen LogP contribution < -0.4 is 15.4 Å². The summed E-state index contributed by atoms with van der Waals surface area (Å²) in [4.78, 5) is 25.6. The van der Waals surface area contributed by atoms with E-state index in [0.717, 1.165) is 16.8 Å². The number of halogens is 1. The number of rotatable bonds is 7. The number of urea groups is 1. The van der Waals surface area contributed by atoms with Crippen LogP contribution in [0.2, 0.25) is 0 Å². The first kappa shape index (κ1) is 21.4. The second kappa shape index (κ2) is 9.57. The molecule has 0 radical (unpaired) electrons. The maximum absolute atomic E-state index is 13.2. The molecule has 0 bridgehead atoms. The number of benzene rings is 1. The van der Waals surface area contributed by atoms with Crippen molar-refractivity contribution in [3.05, 3.63) is 79.3 Å². The highest BCUT2D eigenvalue weighted by molar-refractivity contribution is 5.94. The summed E-state index contributed by atoms with van der Waals surface area (Å²) in [6.07, 6.45) is 7.00. The first-order chi connectivity index (χ1) is 16.6. The summed E-state index contributed by atoms with van der Waals surface area (Å²) in [6, 6.07) is 13.7. The van der Waals surface area contributed by atoms with Gasteiger partial charge in [-0.3, -0.25) is 0 Å². The van der Waals surface area contributed by atoms with E-state index in [-0.39, 0.29) is 25.3 Å². The van der Waals surface area contributed by atoms with Gasteiger partial charge in [0.05, 0.1) is 17.9 Å². The number of para-hydroxylation sites is 1. The van der Waals surface area contributed by atoms with Gasteiger partial charge in [0.1, 0.15) is 18.0 Å². The highest BCUT2D eigenvalue weighted by Crippen LogP contribution is 2.29. The topological polar surface area (TPSA) is 102 Å². The maximum atomic E-state index is 13.2. The molecule has 9 nitrogen and oxygen atoms in total. The number of pyridine rings is 2. The van der Waals surface area contributed by atoms with Crippen molar-refractivity contribution in [3.63, 3.8) is 0 Å². The second-order valence-corrected chi connectivity index (χ2v) is 7.68. The quantitative estimate of drug-likeness (QED) is 0.408. The molecule has 1 aliphatic heterocycles. The third-order valence-corrected chi connectivity index (χ3v) is 5.24. The van der Waals surface area contributed by atoms with Gasteiger partial charge in [0, 0.05) is 42.3 Å². The Labute approximate surface area is 194 Å². The molecule has 2 amide bonds. The SMILES string of the molecule is O=C(NCC1=NOC(COc2ccccc2-c2ccc(F)nc2)C1)Nc1ccc2nccn2c1. The van der Waals surface area contributed by atoms with Crippen LogP contribution in [0.5, 0.6) is 5.75 Å². The van der Waals surface area contributed by atoms with E-state index < -0.39 is 5.95 Å². The molecule has 5 rings (SSSR count). The zero-order valence-corrected chi connectivity index (χ0v) is 18.0. The smallest absolute Gasteiger partial charge is 0.319 e. The predicted molar refractivity (Wildman–Crippen MR) is 124 cm³/mol. The molecule has 2 N–H and O–H groups in total. The van der Waals surface area contributed by atoms with Crippen LogP contribution in [0.4, 0.5) is 14.9 Å². The lowest BCUT2D eigenvalue weighted by Gasteiger charge is -2.14. The summed E-state index contributed by atoms with van der Waals surface area (Å²) >= 11 is 0. The van der Waals surface area contributed by atoms with E-state index in [4.69, 9.17) is 9.57 Å². The summed E-state index contributed by atoms with van der Waals surface area (Å²) in [5.74, 6) is 0.105. The molecule has 34 heavy (non-hydrogen) atoms. The van der Waals surface area contributed by atoms with E-state index in [1.807, 2.05) is 34.7 Å². The van der Waals surface area contributed by atoms with Gasteiger partial charge in [0.15, 0.2) is 6.10 Å². The van der Waals surface area contributed by atoms with Crippen LogP contribution in [0.1, 0.15) is 6.42 Å². The fraction of sp³-hybridized carbons (Fsp3) is 0.167. The van der Waals surface area contributed by atoms with Crippen LogP contribution in [0, 0.1) is 5.95 Å². The van der Waals surface area contributed by atoms with Crippen LogP contribution in [0.3, 0.4) is 0 Å². The van der Waals surface area contributed by atoms with E-state index in [1.165, 1.54) is 12.3 Å². The van der Waals surface area contributed by atoms with Crippen LogP contribution in [0.15, 0.2) is 78.5 Å². The molecule has 4 heterocycles. The lowest BCUT2D eigenvalue weighted by Crippen LogP contribution is -2.33. The van der Waals surface area contributed by atoms with Crippen molar-refractivity contribution in [3.8, 4) is 16.9 Å². The van der Waals surface area contributed by atoms with Crippen LogP contribution in [-0.4, -0.2) is 45.4 Å². The Morgan fingerprint density at radius 3 is 2.97 bits per heavy atom. The van der Waals surface area contributed by atoms with Crippen molar-refractivity contribution in [2.24, 2.45) is 5.16 Å². The number of hydrogen-bond donors (Lipinski definition) is 2. The minimum Gasteiger partial charge on any atom is -0.489 e. The molecule has 0 spiro atoms. The zero-order chi connectivity index (χ0) is 23.3. The Balaban J connectivity index is 1.10. The predicted octanol–water partition coefficient (Wildman–Crippen LogP) is 3.88. The monoisotopic (exact) mass is 460 g/mol. The number of nitrogens with zero attached hydrogens (tertiary/aromatic N) is 4. The largest absolute Gasteiger partial charge is 0.489 e. The van der Waals surface area contributed by atoms with Gasteiger partial charge < -0.3 is 24.6 Å². The zero-order valence-electron chi connectivity index (χ0n) is 18.0. The average Bonchev–Trinajstić information content (AvgIpc) is 3.51. The molecule has 0 fully saturated rings. The number of amides is 2. The first-order valence-corrected chi connectivity index (χ1v) is 10.7. The van der Waals surface area contributed by atoms with Gasteiger partial charge in [-0.25, -0.2) is 14.8 Å². The van der Waals surface area contributed by atoms with Crippen molar-refractivity contribution in [2.45, 2.75) is 12.5 Å². The van der Waals surface area contributed by atoms with Crippen molar-refractivity contribution >= 4 is 23.1 Å². The molecule has 1 unspecified atom stereocenters. The number of carbonyl (C=O) groups excluding carboxylic acids is 1. The average molecular weight is 460 g/mol. The van der Waals surface area contributed by atoms with Gasteiger partial charge in [-0.05, 0) is 30.3 Å². The Morgan fingerprint density at radius 2 is 2.09 bits per heavy atom. The molecule has 0 saturated heterocycles. The summed E-state index contributed by atoms with van der Waals surface area (Å²) in [5, 5.41) is 9.63. The highest BCUT2D eigenvalue weighted by Gasteiger charge is 2.22. The number of nitrogens with one attached hydrogen (secondary N) is 2. The first-order valence-electron chi connectivity index (χ1n) is 10.7. The van der Waals surface area contributed by atoms with Gasteiger partial charge in [-0.15, -0.1) is 0 Å². The molecular formula is C24H21FN6O3. The van der Waals surface area contributed by atoms with E-state index in [2.05, 4.69) is 25.8 Å². The van der Waals surface area contributed by atoms with Gasteiger partial charge in [0.25, 0.3) is 0 Å². The van der Waals surface area contributed by atoms with Crippen molar-refractivity contribution in [2.75, 3.05) is 18.5 Å². The number of ether oxygens (including phenoxy) is 1. The van der Waals surface area contributed by atoms with Crippen molar-refractivity contribution < 1.29 is 18.8 Å². The lowest BCUT2D eigenvalue weighted by atomic mass is 10.1. The number of hydrogen-bond acceptors (Lipinski definition) is 6. The second-order valence-electron chi connectivity index (χ2n) is 7.68. The maximum Gasteiger partial charge on any atom is 0.319 e. The molecule has 1 aromatic carbocycles. The number of carbonyl (C=O) groups is 1. The fourth-order valence-electron chi connectivity index (χ4n) is 3.58. The molecule has 4 aromatic rings. The van der Waals surface area contributed by atoms with Crippen LogP contribution in [0.25, 0.3) is 16.8 Å². The molecule has 1 atom stereocenters. The van der Waals surface area contributed by atoms with E-state index >= 15 is 0 Å². The lowest BCUT2D eigenvalue weighted by molar-refractivity contribution is 0.0472. The Hall–Kier alpha value is -4.47. The van der Waals surface area contributed by atoms with E-state index in [0.29, 0.717) is 23.6 Å². The molecule has 3 aromatic heterocycles. The van der Waals surface area contributed by atoms with E-state index in [9.17, 15) is 9.18 Å². The standard InChI is InChI=1S/C24H21FN6O3/c25-22-7-5-16(12-27-22)20-3-1-2-4-21(20)33-15-19-11-18(30-34-19)13-28-24(32)29-17-6-8-23-26-9-10-31(23)14-17/h1-10,12,14,19H,11,13,15H2,(H2,28,29,32). The third-order valence-electron chi connectivity index (χ3n) is 5.24. The van der Waals surface area contributed by atoms with Gasteiger partial charge in [-0.2, -0.15) is 4.39 Å². The van der Waals surface area contributed by atoms with Crippen LogP contribution >= 0.6 is 0 Å². The fourth-order valence-corrected chi connectivity index (χ4v) is 3.58. The number of imidazole rings is 1. The number of anilines is 1. The minimum absolute atomic E-state index is 0.257. The van der Waals surface area contributed by atoms with Crippen molar-refractivity contribution in [1.82, 2.24) is 19.7 Å². The van der Waals surface area contributed by atoms with Gasteiger partial charge >= 0.3 is 6.03 Å². The highest BCUT2D eigenvalue weighted by atomic mass is 19.1. The Bertz CT molecular complexity index is 1340. The summed E-state index contributed by atoms with van der Waals surface area (Å²) in [6.45, 7) is 0.531. The number of oxime groups is 1. The molecule has 172 valence electrons. The van der Waals surface area contributed by atoms with Gasteiger partial charge in [-0.1, -0.05) is 23.4 Å². The number of aromatic nitrogens is 3. The minimum atomic E-state index is -0.534. The third kappa shape index (κ3) is 4.96. The van der Waals surface area contributed by atoms with Crippen molar-refractivity contribution in [1.29, 1.82) is 0 Å². The molecular weight excluding hydrogens is 439 g/mol. The molecule has 1 aliphatic rings. The Kier molecular flexibility index (Phi) is 6.02. The number of fused-ring (bicyclic) bond motifs is 1. The normalized spacial score (nSPS) is 15.0. The summed E-state index contributed by atoms with van der Waals surface area (Å²) in [5.41, 5.74) is 3.72. The summed E-state index contributed by atoms with van der Waals surface area (Å²) < 4.78 is 20.9. The molecule has 0 saturated carbocycles. The molecule has 10 heteroatoms. The van der Waals surface area contributed by atoms with E-state index in [1.54, 1.807) is 30.7 Å².